The Balaban J connectivity index is 2.27. The third-order valence-electron chi connectivity index (χ3n) is 2.01. The minimum absolute atomic E-state index is 0.00729. The SMILES string of the molecule is CC(C)(C)CNC(=O)C1CNCCO1. The molecule has 1 aliphatic rings. The summed E-state index contributed by atoms with van der Waals surface area (Å²) in [6, 6.07) is 0. The molecule has 1 aliphatic heterocycles. The second-order valence-electron chi connectivity index (χ2n) is 4.84. The van der Waals surface area contributed by atoms with Crippen LogP contribution in [0.15, 0.2) is 0 Å². The van der Waals surface area contributed by atoms with E-state index < -0.39 is 0 Å². The van der Waals surface area contributed by atoms with Gasteiger partial charge >= 0.3 is 0 Å². The van der Waals surface area contributed by atoms with E-state index in [4.69, 9.17) is 4.74 Å². The molecule has 4 nitrogen and oxygen atoms in total. The van der Waals surface area contributed by atoms with E-state index in [9.17, 15) is 4.79 Å². The van der Waals surface area contributed by atoms with Crippen LogP contribution in [0.2, 0.25) is 0 Å². The minimum Gasteiger partial charge on any atom is -0.366 e. The lowest BCUT2D eigenvalue weighted by atomic mass is 9.97. The summed E-state index contributed by atoms with van der Waals surface area (Å²) in [5, 5.41) is 6.02. The van der Waals surface area contributed by atoms with Crippen molar-refractivity contribution in [2.24, 2.45) is 5.41 Å². The first-order chi connectivity index (χ1) is 6.49. The Morgan fingerprint density at radius 3 is 2.79 bits per heavy atom. The van der Waals surface area contributed by atoms with Crippen molar-refractivity contribution in [2.75, 3.05) is 26.2 Å². The van der Waals surface area contributed by atoms with Crippen molar-refractivity contribution in [1.82, 2.24) is 10.6 Å². The number of nitrogens with one attached hydrogen (secondary N) is 2. The molecular formula is C10H20N2O2. The van der Waals surface area contributed by atoms with Gasteiger partial charge in [0.25, 0.3) is 0 Å². The van der Waals surface area contributed by atoms with Crippen molar-refractivity contribution in [3.63, 3.8) is 0 Å². The highest BCUT2D eigenvalue weighted by Gasteiger charge is 2.22. The molecule has 1 atom stereocenters. The fraction of sp³-hybridized carbons (Fsp3) is 0.900. The molecule has 4 heteroatoms. The van der Waals surface area contributed by atoms with Gasteiger partial charge in [0.15, 0.2) is 0 Å². The number of carbonyl (C=O) groups excluding carboxylic acids is 1. The zero-order valence-corrected chi connectivity index (χ0v) is 9.22. The van der Waals surface area contributed by atoms with Crippen molar-refractivity contribution < 1.29 is 9.53 Å². The molecule has 0 aromatic rings. The molecule has 1 unspecified atom stereocenters. The summed E-state index contributed by atoms with van der Waals surface area (Å²) in [4.78, 5) is 11.6. The molecule has 2 N–H and O–H groups in total. The lowest BCUT2D eigenvalue weighted by Crippen LogP contribution is -2.49. The van der Waals surface area contributed by atoms with Crippen molar-refractivity contribution in [3.05, 3.63) is 0 Å². The third-order valence-corrected chi connectivity index (χ3v) is 2.01. The number of amides is 1. The van der Waals surface area contributed by atoms with Crippen molar-refractivity contribution >= 4 is 5.91 Å². The first-order valence-electron chi connectivity index (χ1n) is 5.09. The third kappa shape index (κ3) is 4.07. The van der Waals surface area contributed by atoms with Gasteiger partial charge in [-0.25, -0.2) is 0 Å². The van der Waals surface area contributed by atoms with Crippen LogP contribution in [0.25, 0.3) is 0 Å². The lowest BCUT2D eigenvalue weighted by Gasteiger charge is -2.25. The predicted octanol–water partition coefficient (Wildman–Crippen LogP) is 0.137. The molecule has 0 aromatic carbocycles. The summed E-state index contributed by atoms with van der Waals surface area (Å²) in [5.41, 5.74) is 0.123. The number of carbonyl (C=O) groups is 1. The number of ether oxygens (including phenoxy) is 1. The van der Waals surface area contributed by atoms with Gasteiger partial charge in [0.05, 0.1) is 6.61 Å². The fourth-order valence-corrected chi connectivity index (χ4v) is 1.20. The molecule has 0 aromatic heterocycles. The van der Waals surface area contributed by atoms with Crippen LogP contribution in [0.1, 0.15) is 20.8 Å². The van der Waals surface area contributed by atoms with E-state index in [1.807, 2.05) is 0 Å². The molecule has 1 fully saturated rings. The Kier molecular flexibility index (Phi) is 3.89. The molecule has 0 aliphatic carbocycles. The second-order valence-corrected chi connectivity index (χ2v) is 4.84. The molecule has 14 heavy (non-hydrogen) atoms. The maximum absolute atomic E-state index is 11.6. The molecule has 0 saturated carbocycles. The molecule has 1 saturated heterocycles. The van der Waals surface area contributed by atoms with Crippen LogP contribution in [-0.2, 0) is 9.53 Å². The van der Waals surface area contributed by atoms with Crippen LogP contribution >= 0.6 is 0 Å². The monoisotopic (exact) mass is 200 g/mol. The number of hydrogen-bond donors (Lipinski definition) is 2. The van der Waals surface area contributed by atoms with Gasteiger partial charge in [-0.15, -0.1) is 0 Å². The maximum Gasteiger partial charge on any atom is 0.250 e. The standard InChI is InChI=1S/C10H20N2O2/c1-10(2,3)7-12-9(13)8-6-11-4-5-14-8/h8,11H,4-7H2,1-3H3,(H,12,13). The summed E-state index contributed by atoms with van der Waals surface area (Å²) in [6.07, 6.45) is -0.314. The topological polar surface area (TPSA) is 50.4 Å². The van der Waals surface area contributed by atoms with E-state index in [2.05, 4.69) is 31.4 Å². The highest BCUT2D eigenvalue weighted by atomic mass is 16.5. The van der Waals surface area contributed by atoms with Gasteiger partial charge in [-0.3, -0.25) is 4.79 Å². The van der Waals surface area contributed by atoms with Crippen LogP contribution in [0.3, 0.4) is 0 Å². The highest BCUT2D eigenvalue weighted by molar-refractivity contribution is 5.81. The summed E-state index contributed by atoms with van der Waals surface area (Å²) in [7, 11) is 0. The van der Waals surface area contributed by atoms with Crippen LogP contribution < -0.4 is 10.6 Å². The Hall–Kier alpha value is -0.610. The minimum atomic E-state index is -0.314. The van der Waals surface area contributed by atoms with E-state index in [1.165, 1.54) is 0 Å². The van der Waals surface area contributed by atoms with Crippen LogP contribution in [0, 0.1) is 5.41 Å². The van der Waals surface area contributed by atoms with Gasteiger partial charge in [-0.1, -0.05) is 20.8 Å². The zero-order chi connectivity index (χ0) is 10.6. The molecule has 0 bridgehead atoms. The Morgan fingerprint density at radius 1 is 1.57 bits per heavy atom. The number of morpholine rings is 1. The lowest BCUT2D eigenvalue weighted by molar-refractivity contribution is -0.134. The molecule has 0 spiro atoms. The van der Waals surface area contributed by atoms with Gasteiger partial charge < -0.3 is 15.4 Å². The van der Waals surface area contributed by atoms with Crippen LogP contribution in [0.4, 0.5) is 0 Å². The van der Waals surface area contributed by atoms with E-state index >= 15 is 0 Å². The van der Waals surface area contributed by atoms with Crippen molar-refractivity contribution in [2.45, 2.75) is 26.9 Å². The van der Waals surface area contributed by atoms with E-state index in [1.54, 1.807) is 0 Å². The average molecular weight is 200 g/mol. The second kappa shape index (κ2) is 4.75. The number of rotatable bonds is 2. The summed E-state index contributed by atoms with van der Waals surface area (Å²) in [5.74, 6) is -0.00729. The smallest absolute Gasteiger partial charge is 0.250 e. The Bertz CT molecular complexity index is 193. The summed E-state index contributed by atoms with van der Waals surface area (Å²) >= 11 is 0. The van der Waals surface area contributed by atoms with E-state index in [0.717, 1.165) is 6.54 Å². The van der Waals surface area contributed by atoms with Gasteiger partial charge in [-0.05, 0) is 5.41 Å². The van der Waals surface area contributed by atoms with Crippen molar-refractivity contribution in [1.29, 1.82) is 0 Å². The predicted molar refractivity (Wildman–Crippen MR) is 55.1 cm³/mol. The molecule has 1 amide bonds. The van der Waals surface area contributed by atoms with E-state index in [-0.39, 0.29) is 17.4 Å². The van der Waals surface area contributed by atoms with Crippen LogP contribution in [0.5, 0.6) is 0 Å². The van der Waals surface area contributed by atoms with Gasteiger partial charge in [0.1, 0.15) is 6.10 Å². The quantitative estimate of drug-likeness (QED) is 0.666. The molecule has 1 heterocycles. The summed E-state index contributed by atoms with van der Waals surface area (Å²) < 4.78 is 5.33. The Labute approximate surface area is 85.4 Å². The molecule has 1 rings (SSSR count). The first-order valence-corrected chi connectivity index (χ1v) is 5.09. The molecular weight excluding hydrogens is 180 g/mol. The largest absolute Gasteiger partial charge is 0.366 e. The van der Waals surface area contributed by atoms with Gasteiger partial charge in [-0.2, -0.15) is 0 Å². The zero-order valence-electron chi connectivity index (χ0n) is 9.22. The van der Waals surface area contributed by atoms with Gasteiger partial charge in [0, 0.05) is 19.6 Å². The Morgan fingerprint density at radius 2 is 2.29 bits per heavy atom. The molecule has 0 radical (unpaired) electrons. The molecule has 82 valence electrons. The van der Waals surface area contributed by atoms with Crippen LogP contribution in [-0.4, -0.2) is 38.3 Å². The average Bonchev–Trinajstić information content (AvgIpc) is 2.14. The normalized spacial score (nSPS) is 23.2. The van der Waals surface area contributed by atoms with Crippen molar-refractivity contribution in [3.8, 4) is 0 Å². The van der Waals surface area contributed by atoms with E-state index in [0.29, 0.717) is 19.7 Å². The van der Waals surface area contributed by atoms with Gasteiger partial charge in [0.2, 0.25) is 5.91 Å². The maximum atomic E-state index is 11.6. The highest BCUT2D eigenvalue weighted by Crippen LogP contribution is 2.10. The fourth-order valence-electron chi connectivity index (χ4n) is 1.20. The first kappa shape index (κ1) is 11.5. The number of hydrogen-bond acceptors (Lipinski definition) is 3. The summed E-state index contributed by atoms with van der Waals surface area (Å²) in [6.45, 7) is 9.03.